The lowest BCUT2D eigenvalue weighted by Crippen LogP contribution is -2.05. The third-order valence-corrected chi connectivity index (χ3v) is 4.31. The maximum absolute atomic E-state index is 10.9. The second kappa shape index (κ2) is 6.93. The van der Waals surface area contributed by atoms with E-state index in [1.54, 1.807) is 18.2 Å². The van der Waals surface area contributed by atoms with E-state index in [-0.39, 0.29) is 12.2 Å². The van der Waals surface area contributed by atoms with Gasteiger partial charge < -0.3 is 14.8 Å². The number of carbonyl (C=O) groups is 1. The van der Waals surface area contributed by atoms with Crippen molar-refractivity contribution in [3.63, 3.8) is 0 Å². The molecule has 3 rings (SSSR count). The summed E-state index contributed by atoms with van der Waals surface area (Å²) >= 11 is 3.43. The van der Waals surface area contributed by atoms with E-state index in [9.17, 15) is 9.90 Å². The number of phenolic OH excluding ortho intramolecular Hbond substituents is 1. The van der Waals surface area contributed by atoms with Gasteiger partial charge in [-0.3, -0.25) is 4.79 Å². The minimum Gasteiger partial charge on any atom is -0.508 e. The Hall–Kier alpha value is -2.53. The van der Waals surface area contributed by atoms with Crippen LogP contribution in [0.25, 0.3) is 16.9 Å². The summed E-state index contributed by atoms with van der Waals surface area (Å²) in [5, 5.41) is 18.8. The first-order valence-corrected chi connectivity index (χ1v) is 8.31. The molecule has 2 aromatic carbocycles. The van der Waals surface area contributed by atoms with Crippen LogP contribution in [0.4, 0.5) is 0 Å². The summed E-state index contributed by atoms with van der Waals surface area (Å²) in [6, 6.07) is 18.8. The predicted octanol–water partition coefficient (Wildman–Crippen LogP) is 4.63. The molecule has 3 aromatic rings. The normalized spacial score (nSPS) is 10.7. The molecule has 0 fully saturated rings. The molecule has 0 aliphatic heterocycles. The van der Waals surface area contributed by atoms with Gasteiger partial charge >= 0.3 is 5.97 Å². The highest BCUT2D eigenvalue weighted by molar-refractivity contribution is 9.10. The van der Waals surface area contributed by atoms with Crippen molar-refractivity contribution >= 4 is 21.9 Å². The molecule has 4 nitrogen and oxygen atoms in total. The summed E-state index contributed by atoms with van der Waals surface area (Å²) < 4.78 is 2.99. The molecule has 2 N–H and O–H groups in total. The number of carboxylic acid groups (broad SMARTS) is 1. The van der Waals surface area contributed by atoms with Gasteiger partial charge in [-0.15, -0.1) is 0 Å². The van der Waals surface area contributed by atoms with E-state index in [2.05, 4.69) is 15.9 Å². The van der Waals surface area contributed by atoms with Crippen molar-refractivity contribution in [2.45, 2.75) is 12.8 Å². The first kappa shape index (κ1) is 16.3. The summed E-state index contributed by atoms with van der Waals surface area (Å²) in [4.78, 5) is 10.9. The highest BCUT2D eigenvalue weighted by Crippen LogP contribution is 2.29. The highest BCUT2D eigenvalue weighted by atomic mass is 79.9. The number of nitrogens with zero attached hydrogens (tertiary/aromatic N) is 1. The predicted molar refractivity (Wildman–Crippen MR) is 96.5 cm³/mol. The number of carboxylic acids is 1. The van der Waals surface area contributed by atoms with Crippen molar-refractivity contribution in [2.75, 3.05) is 0 Å². The maximum Gasteiger partial charge on any atom is 0.303 e. The monoisotopic (exact) mass is 385 g/mol. The van der Waals surface area contributed by atoms with Crippen molar-refractivity contribution in [1.29, 1.82) is 0 Å². The van der Waals surface area contributed by atoms with Crippen molar-refractivity contribution in [3.05, 3.63) is 70.8 Å². The van der Waals surface area contributed by atoms with Gasteiger partial charge in [0.1, 0.15) is 5.75 Å². The second-order valence-electron chi connectivity index (χ2n) is 5.47. The average Bonchev–Trinajstić information content (AvgIpc) is 2.97. The molecule has 0 unspecified atom stereocenters. The van der Waals surface area contributed by atoms with Crippen LogP contribution in [-0.4, -0.2) is 20.7 Å². The van der Waals surface area contributed by atoms with Crippen molar-refractivity contribution in [1.82, 2.24) is 4.57 Å². The van der Waals surface area contributed by atoms with Gasteiger partial charge in [0, 0.05) is 21.9 Å². The number of rotatable bonds is 5. The van der Waals surface area contributed by atoms with E-state index in [1.807, 2.05) is 47.0 Å². The van der Waals surface area contributed by atoms with Gasteiger partial charge in [0.25, 0.3) is 0 Å². The average molecular weight is 386 g/mol. The summed E-state index contributed by atoms with van der Waals surface area (Å²) in [5.74, 6) is -0.656. The zero-order valence-corrected chi connectivity index (χ0v) is 14.4. The zero-order chi connectivity index (χ0) is 17.1. The van der Waals surface area contributed by atoms with Crippen LogP contribution in [0.1, 0.15) is 12.1 Å². The Kier molecular flexibility index (Phi) is 4.71. The molecular weight excluding hydrogens is 370 g/mol. The SMILES string of the molecule is O=C(O)CCc1ccc(-c2ccc(Br)cc2)n1-c1cccc(O)c1. The smallest absolute Gasteiger partial charge is 0.303 e. The fourth-order valence-corrected chi connectivity index (χ4v) is 2.96. The molecule has 0 amide bonds. The lowest BCUT2D eigenvalue weighted by atomic mass is 10.1. The summed E-state index contributed by atoms with van der Waals surface area (Å²) in [6.45, 7) is 0. The fraction of sp³-hybridized carbons (Fsp3) is 0.105. The molecule has 0 radical (unpaired) electrons. The lowest BCUT2D eigenvalue weighted by Gasteiger charge is -2.14. The van der Waals surface area contributed by atoms with Crippen LogP contribution in [0.5, 0.6) is 5.75 Å². The molecule has 0 atom stereocenters. The Morgan fingerprint density at radius 1 is 1.04 bits per heavy atom. The Morgan fingerprint density at radius 3 is 2.46 bits per heavy atom. The largest absolute Gasteiger partial charge is 0.508 e. The molecule has 0 saturated heterocycles. The Bertz CT molecular complexity index is 869. The van der Waals surface area contributed by atoms with Gasteiger partial charge in [-0.05, 0) is 48.4 Å². The standard InChI is InChI=1S/C19H16BrNO3/c20-14-6-4-13(5-7-14)18-10-8-15(9-11-19(23)24)21(18)16-2-1-3-17(22)12-16/h1-8,10,12,22H,9,11H2,(H,23,24). The van der Waals surface area contributed by atoms with Gasteiger partial charge in [0.15, 0.2) is 0 Å². The van der Waals surface area contributed by atoms with E-state index in [0.29, 0.717) is 6.42 Å². The number of halogens is 1. The van der Waals surface area contributed by atoms with Crippen LogP contribution in [0, 0.1) is 0 Å². The first-order valence-electron chi connectivity index (χ1n) is 7.52. The topological polar surface area (TPSA) is 62.5 Å². The van der Waals surface area contributed by atoms with Gasteiger partial charge in [-0.25, -0.2) is 0 Å². The quantitative estimate of drug-likeness (QED) is 0.672. The third-order valence-electron chi connectivity index (χ3n) is 3.78. The molecule has 5 heteroatoms. The van der Waals surface area contributed by atoms with Gasteiger partial charge in [0.2, 0.25) is 0 Å². The molecule has 0 aliphatic carbocycles. The Labute approximate surface area is 148 Å². The Morgan fingerprint density at radius 2 is 1.79 bits per heavy atom. The van der Waals surface area contributed by atoms with Crippen molar-refractivity contribution < 1.29 is 15.0 Å². The molecule has 1 aromatic heterocycles. The van der Waals surface area contributed by atoms with Gasteiger partial charge in [0.05, 0.1) is 12.1 Å². The molecule has 0 bridgehead atoms. The molecule has 1 heterocycles. The minimum absolute atomic E-state index is 0.0581. The van der Waals surface area contributed by atoms with Gasteiger partial charge in [-0.1, -0.05) is 34.1 Å². The molecule has 0 aliphatic rings. The molecule has 0 saturated carbocycles. The Balaban J connectivity index is 2.12. The first-order chi connectivity index (χ1) is 11.5. The van der Waals surface area contributed by atoms with Crippen LogP contribution in [-0.2, 0) is 11.2 Å². The van der Waals surface area contributed by atoms with Gasteiger partial charge in [-0.2, -0.15) is 0 Å². The zero-order valence-electron chi connectivity index (χ0n) is 12.8. The van der Waals surface area contributed by atoms with E-state index < -0.39 is 5.97 Å². The van der Waals surface area contributed by atoms with Crippen molar-refractivity contribution in [2.24, 2.45) is 0 Å². The van der Waals surface area contributed by atoms with Crippen LogP contribution >= 0.6 is 15.9 Å². The summed E-state index contributed by atoms with van der Waals surface area (Å²) in [5.41, 5.74) is 3.66. The number of benzene rings is 2. The summed E-state index contributed by atoms with van der Waals surface area (Å²) in [6.07, 6.45) is 0.476. The van der Waals surface area contributed by atoms with Crippen molar-refractivity contribution in [3.8, 4) is 22.7 Å². The number of hydrogen-bond donors (Lipinski definition) is 2. The highest BCUT2D eigenvalue weighted by Gasteiger charge is 2.13. The number of phenols is 1. The maximum atomic E-state index is 10.9. The fourth-order valence-electron chi connectivity index (χ4n) is 2.69. The van der Waals surface area contributed by atoms with E-state index >= 15 is 0 Å². The number of aliphatic carboxylic acids is 1. The molecule has 24 heavy (non-hydrogen) atoms. The van der Waals surface area contributed by atoms with E-state index in [1.165, 1.54) is 0 Å². The van der Waals surface area contributed by atoms with Crippen LogP contribution < -0.4 is 0 Å². The lowest BCUT2D eigenvalue weighted by molar-refractivity contribution is -0.136. The molecule has 122 valence electrons. The number of aryl methyl sites for hydroxylation is 1. The molecule has 0 spiro atoms. The van der Waals surface area contributed by atoms with Crippen LogP contribution in [0.15, 0.2) is 65.1 Å². The number of aromatic nitrogens is 1. The third kappa shape index (κ3) is 3.51. The van der Waals surface area contributed by atoms with E-state index in [0.717, 1.165) is 27.1 Å². The number of aromatic hydroxyl groups is 1. The second-order valence-corrected chi connectivity index (χ2v) is 6.38. The van der Waals surface area contributed by atoms with E-state index in [4.69, 9.17) is 5.11 Å². The summed E-state index contributed by atoms with van der Waals surface area (Å²) in [7, 11) is 0. The van der Waals surface area contributed by atoms with Crippen LogP contribution in [0.3, 0.4) is 0 Å². The number of hydrogen-bond acceptors (Lipinski definition) is 2. The minimum atomic E-state index is -0.830. The van der Waals surface area contributed by atoms with Crippen LogP contribution in [0.2, 0.25) is 0 Å². The molecular formula is C19H16BrNO3.